The Balaban J connectivity index is 1.70. The van der Waals surface area contributed by atoms with E-state index in [2.05, 4.69) is 48.1 Å². The number of halogens is 2. The van der Waals surface area contributed by atoms with E-state index < -0.39 is 12.1 Å². The number of methoxy groups -OCH3 is 1. The number of alkyl halides is 2. The molecule has 0 aliphatic carbocycles. The van der Waals surface area contributed by atoms with Crippen LogP contribution in [0, 0.1) is 34.7 Å². The monoisotopic (exact) mass is 501 g/mol. The van der Waals surface area contributed by atoms with Crippen LogP contribution < -0.4 is 4.74 Å². The molecule has 0 spiro atoms. The molecule has 0 aliphatic heterocycles. The molecule has 0 saturated carbocycles. The first kappa shape index (κ1) is 24.4. The van der Waals surface area contributed by atoms with Crippen LogP contribution in [0.25, 0.3) is 11.1 Å². The van der Waals surface area contributed by atoms with Crippen LogP contribution in [-0.4, -0.2) is 38.5 Å². The Morgan fingerprint density at radius 3 is 2.64 bits per heavy atom. The van der Waals surface area contributed by atoms with Gasteiger partial charge >= 0.3 is 0 Å². The first-order valence-electron chi connectivity index (χ1n) is 10.4. The molecule has 4 rings (SSSR count). The van der Waals surface area contributed by atoms with Crippen molar-refractivity contribution in [2.24, 2.45) is 4.99 Å². The molecule has 0 fully saturated rings. The number of rotatable bonds is 5. The normalized spacial score (nSPS) is 10.8. The summed E-state index contributed by atoms with van der Waals surface area (Å²) in [4.78, 5) is 15.3. The molecule has 11 heteroatoms. The number of aromatic nitrogens is 5. The number of hydrogen-bond acceptors (Lipinski definition) is 7. The minimum atomic E-state index is -2.77. The van der Waals surface area contributed by atoms with Crippen molar-refractivity contribution in [1.82, 2.24) is 25.1 Å². The summed E-state index contributed by atoms with van der Waals surface area (Å²) >= 11 is 5.37. The molecule has 0 unspecified atom stereocenters. The van der Waals surface area contributed by atoms with E-state index in [1.54, 1.807) is 18.2 Å². The van der Waals surface area contributed by atoms with Crippen molar-refractivity contribution in [1.29, 1.82) is 5.26 Å². The molecule has 0 radical (unpaired) electrons. The maximum atomic E-state index is 13.3. The van der Waals surface area contributed by atoms with Gasteiger partial charge in [-0.3, -0.25) is 10.1 Å². The van der Waals surface area contributed by atoms with Crippen molar-refractivity contribution in [2.45, 2.75) is 13.3 Å². The number of hydrogen-bond donors (Lipinski definition) is 2. The maximum Gasteiger partial charge on any atom is 0.280 e. The Kier molecular flexibility index (Phi) is 7.23. The minimum Gasteiger partial charge on any atom is -0.494 e. The number of benzene rings is 1. The van der Waals surface area contributed by atoms with Crippen molar-refractivity contribution in [3.63, 3.8) is 0 Å². The highest BCUT2D eigenvalue weighted by atomic mass is 32.1. The van der Waals surface area contributed by atoms with Crippen molar-refractivity contribution in [3.8, 4) is 34.8 Å². The van der Waals surface area contributed by atoms with E-state index in [-0.39, 0.29) is 16.2 Å². The van der Waals surface area contributed by atoms with Crippen LogP contribution in [0.15, 0.2) is 47.7 Å². The second-order valence-electron chi connectivity index (χ2n) is 7.42. The third-order valence-electron chi connectivity index (χ3n) is 4.93. The van der Waals surface area contributed by atoms with Crippen molar-refractivity contribution >= 4 is 24.3 Å². The van der Waals surface area contributed by atoms with Crippen LogP contribution in [0.4, 0.5) is 14.6 Å². The topological polar surface area (TPSA) is 116 Å². The van der Waals surface area contributed by atoms with E-state index >= 15 is 0 Å². The summed E-state index contributed by atoms with van der Waals surface area (Å²) < 4.78 is 32.2. The quantitative estimate of drug-likeness (QED) is 0.221. The zero-order valence-corrected chi connectivity index (χ0v) is 19.8. The summed E-state index contributed by atoms with van der Waals surface area (Å²) in [5.74, 6) is 6.31. The average Bonchev–Trinajstić information content (AvgIpc) is 3.31. The Labute approximate surface area is 209 Å². The van der Waals surface area contributed by atoms with Gasteiger partial charge in [0, 0.05) is 23.0 Å². The van der Waals surface area contributed by atoms with Crippen molar-refractivity contribution in [3.05, 3.63) is 81.3 Å². The number of ether oxygens (including phenoxy) is 1. The minimum absolute atomic E-state index is 0.233. The molecule has 36 heavy (non-hydrogen) atoms. The van der Waals surface area contributed by atoms with Crippen molar-refractivity contribution < 1.29 is 13.5 Å². The molecular formula is C25H17F2N7OS. The molecule has 178 valence electrons. The molecular weight excluding hydrogens is 484 g/mol. The molecule has 0 saturated heterocycles. The molecule has 0 amide bonds. The molecule has 4 aromatic rings. The summed E-state index contributed by atoms with van der Waals surface area (Å²) in [7, 11) is 1.41. The van der Waals surface area contributed by atoms with Crippen LogP contribution >= 0.6 is 12.2 Å². The molecule has 0 bridgehead atoms. The third-order valence-corrected chi connectivity index (χ3v) is 5.21. The van der Waals surface area contributed by atoms with Crippen molar-refractivity contribution in [2.75, 3.05) is 7.11 Å². The predicted molar refractivity (Wildman–Crippen MR) is 132 cm³/mol. The fourth-order valence-corrected chi connectivity index (χ4v) is 3.43. The van der Waals surface area contributed by atoms with E-state index in [0.29, 0.717) is 33.6 Å². The van der Waals surface area contributed by atoms with Gasteiger partial charge in [-0.15, -0.1) is 0 Å². The predicted octanol–water partition coefficient (Wildman–Crippen LogP) is 5.20. The van der Waals surface area contributed by atoms with Gasteiger partial charge in [0.05, 0.1) is 31.1 Å². The lowest BCUT2D eigenvalue weighted by atomic mass is 9.97. The van der Waals surface area contributed by atoms with Gasteiger partial charge in [-0.05, 0) is 48.6 Å². The zero-order chi connectivity index (χ0) is 25.7. The second-order valence-corrected chi connectivity index (χ2v) is 7.83. The van der Waals surface area contributed by atoms with Gasteiger partial charge in [0.15, 0.2) is 5.82 Å². The SMILES string of the molecule is COc1cnc(C(F)F)cc1-c1cc(C#N)ccc1C=Nc1ncc(C#Cc2cc(C)[nH]n2)[nH]c1=S. The van der Waals surface area contributed by atoms with Crippen LogP contribution in [0.3, 0.4) is 0 Å². The van der Waals surface area contributed by atoms with E-state index in [1.807, 2.05) is 13.0 Å². The summed E-state index contributed by atoms with van der Waals surface area (Å²) in [5.41, 5.74) is 3.24. The molecule has 1 aromatic carbocycles. The lowest BCUT2D eigenvalue weighted by Crippen LogP contribution is -1.98. The smallest absolute Gasteiger partial charge is 0.280 e. The maximum absolute atomic E-state index is 13.3. The molecule has 0 aliphatic rings. The van der Waals surface area contributed by atoms with Gasteiger partial charge in [0.25, 0.3) is 6.43 Å². The third kappa shape index (κ3) is 5.49. The van der Waals surface area contributed by atoms with Crippen LogP contribution in [0.2, 0.25) is 0 Å². The molecule has 3 aromatic heterocycles. The summed E-state index contributed by atoms with van der Waals surface area (Å²) in [6.45, 7) is 1.88. The van der Waals surface area contributed by atoms with Gasteiger partial charge in [0.1, 0.15) is 27.5 Å². The number of nitrogens with zero attached hydrogens (tertiary/aromatic N) is 5. The number of aliphatic imine (C=N–C) groups is 1. The van der Waals surface area contributed by atoms with Gasteiger partial charge in [-0.1, -0.05) is 18.3 Å². The van der Waals surface area contributed by atoms with Gasteiger partial charge < -0.3 is 9.72 Å². The zero-order valence-electron chi connectivity index (χ0n) is 19.0. The highest BCUT2D eigenvalue weighted by Crippen LogP contribution is 2.34. The standard InChI is InChI=1S/C25H17F2N7OS/c1-14-7-17(34-33-14)5-6-18-12-31-24(25(36)32-18)30-11-16-4-3-15(10-28)8-19(16)20-9-21(23(26)27)29-13-22(20)35-2/h3-4,7-9,11-13,23H,1-2H3,(H,32,36)(H,33,34). The second kappa shape index (κ2) is 10.7. The van der Waals surface area contributed by atoms with E-state index in [0.717, 1.165) is 5.69 Å². The summed E-state index contributed by atoms with van der Waals surface area (Å²) in [6, 6.07) is 9.91. The molecule has 8 nitrogen and oxygen atoms in total. The first-order valence-corrected chi connectivity index (χ1v) is 10.8. The lowest BCUT2D eigenvalue weighted by Gasteiger charge is -2.13. The average molecular weight is 502 g/mol. The fraction of sp³-hybridized carbons (Fsp3) is 0.120. The Morgan fingerprint density at radius 1 is 1.14 bits per heavy atom. The number of nitrogens with one attached hydrogen (secondary N) is 2. The van der Waals surface area contributed by atoms with E-state index in [4.69, 9.17) is 17.0 Å². The van der Waals surface area contributed by atoms with E-state index in [9.17, 15) is 14.0 Å². The number of nitriles is 1. The molecule has 2 N–H and O–H groups in total. The van der Waals surface area contributed by atoms with Crippen LogP contribution in [0.1, 0.15) is 40.3 Å². The largest absolute Gasteiger partial charge is 0.494 e. The Morgan fingerprint density at radius 2 is 1.97 bits per heavy atom. The molecule has 0 atom stereocenters. The van der Waals surface area contributed by atoms with Gasteiger partial charge in [0.2, 0.25) is 0 Å². The highest BCUT2D eigenvalue weighted by Gasteiger charge is 2.17. The highest BCUT2D eigenvalue weighted by molar-refractivity contribution is 7.71. The lowest BCUT2D eigenvalue weighted by molar-refractivity contribution is 0.146. The number of aryl methyl sites for hydroxylation is 1. The molecule has 3 heterocycles. The summed E-state index contributed by atoms with van der Waals surface area (Å²) in [6.07, 6.45) is 1.43. The first-order chi connectivity index (χ1) is 17.4. The number of pyridine rings is 1. The fourth-order valence-electron chi connectivity index (χ4n) is 3.22. The number of aromatic amines is 2. The Bertz CT molecular complexity index is 1620. The van der Waals surface area contributed by atoms with Crippen LogP contribution in [-0.2, 0) is 0 Å². The van der Waals surface area contributed by atoms with Crippen LogP contribution in [0.5, 0.6) is 5.75 Å². The Hall–Kier alpha value is -4.74. The number of H-pyrrole nitrogens is 2. The summed E-state index contributed by atoms with van der Waals surface area (Å²) in [5, 5.41) is 16.2. The van der Waals surface area contributed by atoms with Gasteiger partial charge in [-0.2, -0.15) is 10.4 Å². The van der Waals surface area contributed by atoms with E-state index in [1.165, 1.54) is 31.8 Å². The van der Waals surface area contributed by atoms with Gasteiger partial charge in [-0.25, -0.2) is 18.8 Å².